The number of likely N-dealkylation sites (tertiary alicyclic amines) is 10. The van der Waals surface area contributed by atoms with Gasteiger partial charge in [0, 0.05) is 125 Å². The van der Waals surface area contributed by atoms with Gasteiger partial charge in [0.05, 0.1) is 0 Å². The van der Waals surface area contributed by atoms with E-state index in [1.165, 1.54) is 161 Å². The van der Waals surface area contributed by atoms with Gasteiger partial charge in [-0.25, -0.2) is 4.39 Å². The van der Waals surface area contributed by atoms with Crippen LogP contribution in [-0.2, 0) is 0 Å². The molecule has 14 heteroatoms. The zero-order chi connectivity index (χ0) is 72.0. The maximum atomic E-state index is 13.2. The van der Waals surface area contributed by atoms with E-state index in [2.05, 4.69) is 224 Å². The molecule has 0 aromatic heterocycles. The summed E-state index contributed by atoms with van der Waals surface area (Å²) >= 11 is 0. The molecule has 0 N–H and O–H groups in total. The van der Waals surface area contributed by atoms with Crippen LogP contribution < -0.4 is 0 Å². The van der Waals surface area contributed by atoms with E-state index in [1.54, 1.807) is 6.92 Å². The molecule has 10 aliphatic heterocycles. The van der Waals surface area contributed by atoms with Crippen molar-refractivity contribution in [1.29, 1.82) is 0 Å². The fraction of sp³-hybridized carbons (Fsp3) is 1.00. The molecule has 10 atom stereocenters. The van der Waals surface area contributed by atoms with Crippen molar-refractivity contribution < 1.29 is 17.6 Å². The summed E-state index contributed by atoms with van der Waals surface area (Å²) in [4.78, 5) is 24.1. The predicted octanol–water partition coefficient (Wildman–Crippen LogP) is 18.4. The molecule has 10 saturated heterocycles. The van der Waals surface area contributed by atoms with Crippen LogP contribution in [-0.4, -0.2) is 251 Å². The minimum absolute atomic E-state index is 0.000810. The molecule has 0 aromatic rings. The van der Waals surface area contributed by atoms with Crippen molar-refractivity contribution >= 4 is 0 Å². The van der Waals surface area contributed by atoms with E-state index in [-0.39, 0.29) is 12.5 Å². The molecule has 0 aromatic carbocycles. The fourth-order valence-corrected chi connectivity index (χ4v) is 15.2. The lowest BCUT2D eigenvalue weighted by Gasteiger charge is -2.29. The highest BCUT2D eigenvalue weighted by molar-refractivity contribution is 4.89. The molecule has 10 nitrogen and oxygen atoms in total. The maximum Gasteiger partial charge on any atom is 0.404 e. The SMILES string of the molecule is CC(C)N1CCC(C)(F)C1.CC(C)N1CCC[C@H]1C.CC(C)N1CCC[C@H]1C.CC(C)N1CCC[C@H]1C(F)(F)F.CC(C)N1CC[C@@H](C)C1.CC(C)N1CC[C@@H](C)C1.CC(C)N1CC[C@@H](C)C1.CC(C)N1CC[C@@H](C)C1.CC(C)N1CC[C@H](C)C1.CC(C)N1CC[C@H](C)C1. The molecule has 0 radical (unpaired) electrons. The molecule has 94 heavy (non-hydrogen) atoms. The molecule has 10 fully saturated rings. The fourth-order valence-electron chi connectivity index (χ4n) is 15.2. The zero-order valence-corrected chi connectivity index (χ0v) is 68.2. The minimum Gasteiger partial charge on any atom is -0.301 e. The van der Waals surface area contributed by atoms with Gasteiger partial charge in [0.2, 0.25) is 0 Å². The zero-order valence-electron chi connectivity index (χ0n) is 68.2. The Morgan fingerprint density at radius 2 is 0.511 bits per heavy atom. The van der Waals surface area contributed by atoms with Gasteiger partial charge in [-0.05, 0) is 337 Å². The number of hydrogen-bond acceptors (Lipinski definition) is 10. The molecule has 0 amide bonds. The second-order valence-corrected chi connectivity index (χ2v) is 34.8. The van der Waals surface area contributed by atoms with E-state index >= 15 is 0 Å². The summed E-state index contributed by atoms with van der Waals surface area (Å²) in [6, 6.07) is 7.04. The molecule has 10 rings (SSSR count). The quantitative estimate of drug-likeness (QED) is 0.197. The molecule has 0 saturated carbocycles. The molecule has 0 spiro atoms. The van der Waals surface area contributed by atoms with E-state index < -0.39 is 17.9 Å². The van der Waals surface area contributed by atoms with Crippen LogP contribution in [0.3, 0.4) is 0 Å². The topological polar surface area (TPSA) is 32.4 Å². The standard InChI is InChI=1S/C8H14F3N.C8H16FN.8C8H17N/c1-6(2)12-5-3-4-7(12)8(9,10)11;1-7(2)10-5-4-8(3,9)6-10;6*1-7(2)9-5-4-8(3)6-9;2*1-7(2)9-6-4-5-8(9)3/h6-7H,3-5H2,1-2H3;7H,4-6H2,1-3H3;8*7-8H,4-6H2,1-3H3/t7-;;8*8-/m0.11110011/s1. The summed E-state index contributed by atoms with van der Waals surface area (Å²) in [5.41, 5.74) is -0.926. The third-order valence-corrected chi connectivity index (χ3v) is 22.2. The van der Waals surface area contributed by atoms with Crippen molar-refractivity contribution in [2.75, 3.05) is 111 Å². The summed E-state index contributed by atoms with van der Waals surface area (Å²) in [6.45, 7) is 85.2. The first kappa shape index (κ1) is 91.3. The largest absolute Gasteiger partial charge is 0.404 e. The molecule has 1 unspecified atom stereocenters. The average Bonchev–Trinajstić information content (AvgIpc) is 1.65. The second-order valence-electron chi connectivity index (χ2n) is 34.8. The first-order chi connectivity index (χ1) is 43.6. The summed E-state index contributed by atoms with van der Waals surface area (Å²) in [6.07, 6.45) is 11.6. The van der Waals surface area contributed by atoms with Crippen molar-refractivity contribution in [2.45, 2.75) is 375 Å². The Kier molecular flexibility index (Phi) is 45.4. The van der Waals surface area contributed by atoms with Crippen molar-refractivity contribution in [1.82, 2.24) is 49.0 Å². The Balaban J connectivity index is 0.000000523. The molecule has 0 aliphatic carbocycles. The lowest BCUT2D eigenvalue weighted by molar-refractivity contribution is -0.179. The Labute approximate surface area is 585 Å². The van der Waals surface area contributed by atoms with Crippen LogP contribution in [0, 0.1) is 35.5 Å². The molecule has 10 aliphatic rings. The Hall–Kier alpha value is -0.680. The van der Waals surface area contributed by atoms with E-state index in [9.17, 15) is 17.6 Å². The van der Waals surface area contributed by atoms with Crippen LogP contribution in [0.1, 0.15) is 284 Å². The third-order valence-electron chi connectivity index (χ3n) is 22.2. The van der Waals surface area contributed by atoms with Gasteiger partial charge in [0.1, 0.15) is 11.7 Å². The van der Waals surface area contributed by atoms with Gasteiger partial charge in [0.15, 0.2) is 0 Å². The van der Waals surface area contributed by atoms with Crippen LogP contribution in [0.25, 0.3) is 0 Å². The van der Waals surface area contributed by atoms with Crippen molar-refractivity contribution in [3.63, 3.8) is 0 Å². The van der Waals surface area contributed by atoms with Crippen molar-refractivity contribution in [3.05, 3.63) is 0 Å². The van der Waals surface area contributed by atoms with Gasteiger partial charge < -0.3 is 29.4 Å². The highest BCUT2D eigenvalue weighted by Gasteiger charge is 2.46. The highest BCUT2D eigenvalue weighted by atomic mass is 19.4. The van der Waals surface area contributed by atoms with E-state index in [0.717, 1.165) is 102 Å². The molecule has 564 valence electrons. The van der Waals surface area contributed by atoms with Crippen LogP contribution in [0.15, 0.2) is 0 Å². The van der Waals surface area contributed by atoms with Gasteiger partial charge in [-0.2, -0.15) is 13.2 Å². The van der Waals surface area contributed by atoms with Gasteiger partial charge in [-0.1, -0.05) is 41.5 Å². The van der Waals surface area contributed by atoms with E-state index in [4.69, 9.17) is 0 Å². The Morgan fingerprint density at radius 3 is 0.617 bits per heavy atom. The van der Waals surface area contributed by atoms with Crippen LogP contribution in [0.4, 0.5) is 17.6 Å². The lowest BCUT2D eigenvalue weighted by atomic mass is 10.1. The number of hydrogen-bond donors (Lipinski definition) is 0. The molecular formula is C80H166F4N10. The van der Waals surface area contributed by atoms with Gasteiger partial charge in [0.25, 0.3) is 0 Å². The Bertz CT molecular complexity index is 1630. The second kappa shape index (κ2) is 46.8. The highest BCUT2D eigenvalue weighted by Crippen LogP contribution is 2.34. The lowest BCUT2D eigenvalue weighted by Crippen LogP contribution is -2.44. The van der Waals surface area contributed by atoms with Crippen LogP contribution in [0.5, 0.6) is 0 Å². The van der Waals surface area contributed by atoms with E-state index in [0.29, 0.717) is 32.0 Å². The monoisotopic (exact) mass is 1340 g/mol. The van der Waals surface area contributed by atoms with Gasteiger partial charge >= 0.3 is 6.18 Å². The summed E-state index contributed by atoms with van der Waals surface area (Å²) in [5.74, 6) is 5.62. The average molecular weight is 1340 g/mol. The van der Waals surface area contributed by atoms with Crippen LogP contribution >= 0.6 is 0 Å². The first-order valence-corrected chi connectivity index (χ1v) is 39.8. The van der Waals surface area contributed by atoms with Gasteiger partial charge in [-0.15, -0.1) is 0 Å². The van der Waals surface area contributed by atoms with Crippen molar-refractivity contribution in [2.24, 2.45) is 35.5 Å². The predicted molar refractivity (Wildman–Crippen MR) is 406 cm³/mol. The summed E-state index contributed by atoms with van der Waals surface area (Å²) in [5, 5.41) is 0. The number of nitrogens with zero attached hydrogens (tertiary/aromatic N) is 10. The number of halogens is 4. The molecule has 10 heterocycles. The smallest absolute Gasteiger partial charge is 0.301 e. The molecule has 0 bridgehead atoms. The third kappa shape index (κ3) is 37.8. The summed E-state index contributed by atoms with van der Waals surface area (Å²) < 4.78 is 50.2. The summed E-state index contributed by atoms with van der Waals surface area (Å²) in [7, 11) is 0. The molecular weight excluding hydrogens is 1180 g/mol. The van der Waals surface area contributed by atoms with Gasteiger partial charge in [-0.3, -0.25) is 19.6 Å². The Morgan fingerprint density at radius 1 is 0.287 bits per heavy atom. The van der Waals surface area contributed by atoms with E-state index in [1.807, 2.05) is 13.8 Å². The maximum absolute atomic E-state index is 13.2. The van der Waals surface area contributed by atoms with Crippen molar-refractivity contribution in [3.8, 4) is 0 Å². The normalized spacial score (nSPS) is 30.2. The first-order valence-electron chi connectivity index (χ1n) is 39.8. The number of rotatable bonds is 10. The van der Waals surface area contributed by atoms with Crippen LogP contribution in [0.2, 0.25) is 0 Å². The number of alkyl halides is 4. The minimum atomic E-state index is -4.04.